The van der Waals surface area contributed by atoms with Gasteiger partial charge in [0, 0.05) is 32.7 Å². The average Bonchev–Trinajstić information content (AvgIpc) is 3.27. The first kappa shape index (κ1) is 20.9. The molecule has 1 saturated heterocycles. The van der Waals surface area contributed by atoms with Gasteiger partial charge in [-0.1, -0.05) is 24.3 Å². The van der Waals surface area contributed by atoms with E-state index in [0.717, 1.165) is 43.2 Å². The van der Waals surface area contributed by atoms with Crippen molar-refractivity contribution in [2.45, 2.75) is 13.1 Å². The van der Waals surface area contributed by atoms with Crippen molar-refractivity contribution in [3.63, 3.8) is 0 Å². The second kappa shape index (κ2) is 9.61. The predicted molar refractivity (Wildman–Crippen MR) is 115 cm³/mol. The zero-order valence-corrected chi connectivity index (χ0v) is 17.4. The first-order valence-corrected chi connectivity index (χ1v) is 10.2. The van der Waals surface area contributed by atoms with Gasteiger partial charge in [0.2, 0.25) is 5.89 Å². The van der Waals surface area contributed by atoms with Gasteiger partial charge in [-0.2, -0.15) is 0 Å². The second-order valence-corrected chi connectivity index (χ2v) is 7.37. The fourth-order valence-corrected chi connectivity index (χ4v) is 3.59. The Hall–Kier alpha value is -3.39. The van der Waals surface area contributed by atoms with Crippen LogP contribution in [0.15, 0.2) is 59.2 Å². The first-order chi connectivity index (χ1) is 15.1. The summed E-state index contributed by atoms with van der Waals surface area (Å²) in [6, 6.07) is 14.0. The molecule has 162 valence electrons. The molecule has 3 aromatic rings. The van der Waals surface area contributed by atoms with Gasteiger partial charge in [0.1, 0.15) is 17.8 Å². The van der Waals surface area contributed by atoms with Crippen LogP contribution in [0.25, 0.3) is 0 Å². The van der Waals surface area contributed by atoms with Crippen LogP contribution in [0.5, 0.6) is 5.75 Å². The highest BCUT2D eigenvalue weighted by Crippen LogP contribution is 2.28. The van der Waals surface area contributed by atoms with Gasteiger partial charge >= 0.3 is 0 Å². The summed E-state index contributed by atoms with van der Waals surface area (Å²) in [4.78, 5) is 21.2. The smallest absolute Gasteiger partial charge is 0.273 e. The number of rotatable bonds is 7. The Morgan fingerprint density at radius 1 is 1.13 bits per heavy atom. The molecule has 7 nitrogen and oxygen atoms in total. The van der Waals surface area contributed by atoms with Gasteiger partial charge in [-0.3, -0.25) is 9.69 Å². The van der Waals surface area contributed by atoms with E-state index < -0.39 is 0 Å². The van der Waals surface area contributed by atoms with Crippen molar-refractivity contribution in [1.82, 2.24) is 15.2 Å². The number of ether oxygens (including phenoxy) is 1. The van der Waals surface area contributed by atoms with Crippen molar-refractivity contribution >= 4 is 11.6 Å². The summed E-state index contributed by atoms with van der Waals surface area (Å²) in [5, 5.41) is 2.77. The molecule has 8 heteroatoms. The Kier molecular flexibility index (Phi) is 6.47. The third kappa shape index (κ3) is 5.21. The molecule has 31 heavy (non-hydrogen) atoms. The zero-order chi connectivity index (χ0) is 21.6. The topological polar surface area (TPSA) is 70.8 Å². The predicted octanol–water partition coefficient (Wildman–Crippen LogP) is 3.07. The largest absolute Gasteiger partial charge is 0.495 e. The number of piperazine rings is 1. The normalized spacial score (nSPS) is 14.5. The summed E-state index contributed by atoms with van der Waals surface area (Å²) in [5.41, 5.74) is 2.15. The summed E-state index contributed by atoms with van der Waals surface area (Å²) < 4.78 is 23.9. The van der Waals surface area contributed by atoms with Gasteiger partial charge < -0.3 is 19.4 Å². The number of nitrogens with one attached hydrogen (secondary N) is 1. The lowest BCUT2D eigenvalue weighted by molar-refractivity contribution is 0.0945. The maximum Gasteiger partial charge on any atom is 0.273 e. The first-order valence-electron chi connectivity index (χ1n) is 10.2. The highest BCUT2D eigenvalue weighted by atomic mass is 19.1. The van der Waals surface area contributed by atoms with Crippen molar-refractivity contribution in [2.24, 2.45) is 0 Å². The Labute approximate surface area is 180 Å². The van der Waals surface area contributed by atoms with Crippen molar-refractivity contribution in [3.8, 4) is 5.75 Å². The lowest BCUT2D eigenvalue weighted by atomic mass is 10.2. The molecule has 4 rings (SSSR count). The van der Waals surface area contributed by atoms with Crippen LogP contribution in [0, 0.1) is 5.82 Å². The maximum absolute atomic E-state index is 13.0. The van der Waals surface area contributed by atoms with E-state index in [1.165, 1.54) is 18.4 Å². The molecule has 0 bridgehead atoms. The van der Waals surface area contributed by atoms with Gasteiger partial charge in [0.25, 0.3) is 5.91 Å². The molecule has 2 aromatic carbocycles. The number of carbonyl (C=O) groups excluding carboxylic acids is 1. The van der Waals surface area contributed by atoms with Crippen LogP contribution in [-0.4, -0.2) is 49.1 Å². The van der Waals surface area contributed by atoms with Crippen LogP contribution in [0.3, 0.4) is 0 Å². The minimum Gasteiger partial charge on any atom is -0.495 e. The van der Waals surface area contributed by atoms with Crippen LogP contribution >= 0.6 is 0 Å². The quantitative estimate of drug-likeness (QED) is 0.629. The average molecular weight is 424 g/mol. The highest BCUT2D eigenvalue weighted by molar-refractivity contribution is 5.91. The van der Waals surface area contributed by atoms with Crippen LogP contribution in [-0.2, 0) is 13.1 Å². The molecule has 0 saturated carbocycles. The molecule has 0 radical (unpaired) electrons. The summed E-state index contributed by atoms with van der Waals surface area (Å²) in [6.45, 7) is 4.29. The van der Waals surface area contributed by atoms with Crippen molar-refractivity contribution in [3.05, 3.63) is 77.8 Å². The number of benzene rings is 2. The number of methoxy groups -OCH3 is 1. The number of aromatic nitrogens is 1. The second-order valence-electron chi connectivity index (χ2n) is 7.37. The number of amides is 1. The lowest BCUT2D eigenvalue weighted by Gasteiger charge is -2.36. The SMILES string of the molecule is COc1ccccc1N1CCN(Cc2nc(C(=O)NCc3ccc(F)cc3)co2)CC1. The van der Waals surface area contributed by atoms with Crippen LogP contribution in [0.1, 0.15) is 21.9 Å². The lowest BCUT2D eigenvalue weighted by Crippen LogP contribution is -2.46. The highest BCUT2D eigenvalue weighted by Gasteiger charge is 2.21. The molecule has 0 aliphatic carbocycles. The zero-order valence-electron chi connectivity index (χ0n) is 17.4. The Morgan fingerprint density at radius 2 is 1.87 bits per heavy atom. The van der Waals surface area contributed by atoms with Crippen LogP contribution < -0.4 is 15.0 Å². The van der Waals surface area contributed by atoms with E-state index in [-0.39, 0.29) is 17.4 Å². The fraction of sp³-hybridized carbons (Fsp3) is 0.304. The van der Waals surface area contributed by atoms with Crippen LogP contribution in [0.2, 0.25) is 0 Å². The Morgan fingerprint density at radius 3 is 2.61 bits per heavy atom. The van der Waals surface area contributed by atoms with Crippen molar-refractivity contribution in [2.75, 3.05) is 38.2 Å². The van der Waals surface area contributed by atoms with E-state index >= 15 is 0 Å². The molecule has 1 aliphatic heterocycles. The number of nitrogens with zero attached hydrogens (tertiary/aromatic N) is 3. The van der Waals surface area contributed by atoms with Crippen molar-refractivity contribution in [1.29, 1.82) is 0 Å². The third-order valence-corrected chi connectivity index (χ3v) is 5.31. The molecule has 1 N–H and O–H groups in total. The molecule has 1 fully saturated rings. The standard InChI is InChI=1S/C23H25FN4O3/c1-30-21-5-3-2-4-20(21)28-12-10-27(11-13-28)15-22-26-19(16-31-22)23(29)25-14-17-6-8-18(24)9-7-17/h2-9,16H,10-15H2,1H3,(H,25,29). The molecular weight excluding hydrogens is 399 g/mol. The molecule has 1 aromatic heterocycles. The number of oxazole rings is 1. The van der Waals surface area contributed by atoms with E-state index in [1.54, 1.807) is 19.2 Å². The van der Waals surface area contributed by atoms with E-state index in [1.807, 2.05) is 18.2 Å². The van der Waals surface area contributed by atoms with Gasteiger partial charge in [-0.25, -0.2) is 9.37 Å². The minimum absolute atomic E-state index is 0.241. The van der Waals surface area contributed by atoms with Crippen LogP contribution in [0.4, 0.5) is 10.1 Å². The summed E-state index contributed by atoms with van der Waals surface area (Å²) >= 11 is 0. The molecule has 0 atom stereocenters. The monoisotopic (exact) mass is 424 g/mol. The molecular formula is C23H25FN4O3. The van der Waals surface area contributed by atoms with E-state index in [2.05, 4.69) is 26.2 Å². The number of carbonyl (C=O) groups is 1. The Bertz CT molecular complexity index is 1010. The molecule has 0 spiro atoms. The molecule has 0 unspecified atom stereocenters. The number of anilines is 1. The molecule has 1 amide bonds. The van der Waals surface area contributed by atoms with Gasteiger partial charge in [-0.05, 0) is 29.8 Å². The van der Waals surface area contributed by atoms with Gasteiger partial charge in [-0.15, -0.1) is 0 Å². The summed E-state index contributed by atoms with van der Waals surface area (Å²) in [5.74, 6) is 0.762. The fourth-order valence-electron chi connectivity index (χ4n) is 3.59. The number of halogens is 1. The van der Waals surface area contributed by atoms with Crippen molar-refractivity contribution < 1.29 is 18.3 Å². The van der Waals surface area contributed by atoms with Gasteiger partial charge in [0.05, 0.1) is 19.3 Å². The molecule has 1 aliphatic rings. The van der Waals surface area contributed by atoms with E-state index in [4.69, 9.17) is 9.15 Å². The number of hydrogen-bond donors (Lipinski definition) is 1. The van der Waals surface area contributed by atoms with Gasteiger partial charge in [0.15, 0.2) is 5.69 Å². The Balaban J connectivity index is 1.27. The molecule has 2 heterocycles. The maximum atomic E-state index is 13.0. The minimum atomic E-state index is -0.319. The third-order valence-electron chi connectivity index (χ3n) is 5.31. The van der Waals surface area contributed by atoms with E-state index in [9.17, 15) is 9.18 Å². The summed E-state index contributed by atoms with van der Waals surface area (Å²) in [6.07, 6.45) is 1.38. The van der Waals surface area contributed by atoms with E-state index in [0.29, 0.717) is 19.0 Å². The number of hydrogen-bond acceptors (Lipinski definition) is 6. The summed E-state index contributed by atoms with van der Waals surface area (Å²) in [7, 11) is 1.69. The number of para-hydroxylation sites is 2.